The normalized spacial score (nSPS) is 46.8. The monoisotopic (exact) mass is 259 g/mol. The van der Waals surface area contributed by atoms with Gasteiger partial charge in [-0.3, -0.25) is 0 Å². The summed E-state index contributed by atoms with van der Waals surface area (Å²) in [7, 11) is 0. The lowest BCUT2D eigenvalue weighted by molar-refractivity contribution is -0.0425. The molecule has 0 aromatic heterocycles. The quantitative estimate of drug-likeness (QED) is 0.736. The van der Waals surface area contributed by atoms with E-state index in [2.05, 4.69) is 6.08 Å². The van der Waals surface area contributed by atoms with E-state index in [1.807, 2.05) is 0 Å². The molecule has 0 heterocycles. The molecule has 5 aliphatic rings. The summed E-state index contributed by atoms with van der Waals surface area (Å²) in [6, 6.07) is 0.410. The standard InChI is InChI=1S/C18H29N/c19-18(14-5-3-1-2-4-6-14)17-15-8-12-7-13(10-15)11-16(17)9-12/h5,12-13,15-18H,1-4,6-11,19H2. The fourth-order valence-corrected chi connectivity index (χ4v) is 6.14. The van der Waals surface area contributed by atoms with Crippen molar-refractivity contribution in [1.82, 2.24) is 0 Å². The predicted molar refractivity (Wildman–Crippen MR) is 79.7 cm³/mol. The Morgan fingerprint density at radius 2 is 1.58 bits per heavy atom. The Morgan fingerprint density at radius 1 is 0.895 bits per heavy atom. The minimum atomic E-state index is 0.410. The van der Waals surface area contributed by atoms with Crippen LogP contribution < -0.4 is 5.73 Å². The molecule has 0 aliphatic heterocycles. The fourth-order valence-electron chi connectivity index (χ4n) is 6.14. The van der Waals surface area contributed by atoms with E-state index >= 15 is 0 Å². The first-order chi connectivity index (χ1) is 9.31. The van der Waals surface area contributed by atoms with Gasteiger partial charge in [-0.1, -0.05) is 18.1 Å². The summed E-state index contributed by atoms with van der Waals surface area (Å²) in [6.45, 7) is 0. The molecule has 0 spiro atoms. The predicted octanol–water partition coefficient (Wildman–Crippen LogP) is 4.28. The molecule has 19 heavy (non-hydrogen) atoms. The van der Waals surface area contributed by atoms with Crippen LogP contribution >= 0.6 is 0 Å². The average molecular weight is 259 g/mol. The van der Waals surface area contributed by atoms with Crippen LogP contribution in [0.3, 0.4) is 0 Å². The summed E-state index contributed by atoms with van der Waals surface area (Å²) >= 11 is 0. The molecule has 0 saturated heterocycles. The summed E-state index contributed by atoms with van der Waals surface area (Å²) in [5.74, 6) is 4.96. The van der Waals surface area contributed by atoms with Gasteiger partial charge < -0.3 is 5.73 Å². The van der Waals surface area contributed by atoms with Gasteiger partial charge in [0.15, 0.2) is 0 Å². The molecule has 4 fully saturated rings. The van der Waals surface area contributed by atoms with E-state index in [0.29, 0.717) is 6.04 Å². The zero-order valence-electron chi connectivity index (χ0n) is 12.2. The van der Waals surface area contributed by atoms with Crippen LogP contribution in [0.1, 0.15) is 64.2 Å². The summed E-state index contributed by atoms with van der Waals surface area (Å²) in [5, 5.41) is 0. The number of hydrogen-bond acceptors (Lipinski definition) is 1. The molecule has 1 nitrogen and oxygen atoms in total. The van der Waals surface area contributed by atoms with Gasteiger partial charge in [-0.25, -0.2) is 0 Å². The molecule has 0 aromatic rings. The van der Waals surface area contributed by atoms with Gasteiger partial charge in [-0.2, -0.15) is 0 Å². The maximum atomic E-state index is 6.77. The van der Waals surface area contributed by atoms with E-state index in [0.717, 1.165) is 29.6 Å². The maximum Gasteiger partial charge on any atom is 0.0287 e. The van der Waals surface area contributed by atoms with Gasteiger partial charge in [0, 0.05) is 6.04 Å². The Morgan fingerprint density at radius 3 is 2.26 bits per heavy atom. The molecule has 4 bridgehead atoms. The molecule has 1 atom stereocenters. The van der Waals surface area contributed by atoms with Gasteiger partial charge >= 0.3 is 0 Å². The Kier molecular flexibility index (Phi) is 3.22. The summed E-state index contributed by atoms with van der Waals surface area (Å²) in [4.78, 5) is 0. The summed E-state index contributed by atoms with van der Waals surface area (Å²) in [5.41, 5.74) is 8.41. The van der Waals surface area contributed by atoms with Gasteiger partial charge in [0.1, 0.15) is 0 Å². The van der Waals surface area contributed by atoms with Crippen LogP contribution in [0.25, 0.3) is 0 Å². The molecule has 0 amide bonds. The van der Waals surface area contributed by atoms with Gasteiger partial charge in [-0.15, -0.1) is 0 Å². The average Bonchev–Trinajstić information content (AvgIpc) is 2.66. The summed E-state index contributed by atoms with van der Waals surface area (Å²) in [6.07, 6.45) is 16.9. The third kappa shape index (κ3) is 2.18. The van der Waals surface area contributed by atoms with Crippen LogP contribution in [-0.2, 0) is 0 Å². The number of rotatable bonds is 2. The van der Waals surface area contributed by atoms with Crippen LogP contribution in [0.4, 0.5) is 0 Å². The van der Waals surface area contributed by atoms with Crippen LogP contribution in [0, 0.1) is 29.6 Å². The maximum absolute atomic E-state index is 6.77. The Labute approximate surface area is 118 Å². The van der Waals surface area contributed by atoms with Crippen LogP contribution in [0.2, 0.25) is 0 Å². The molecule has 2 N–H and O–H groups in total. The van der Waals surface area contributed by atoms with E-state index in [1.165, 1.54) is 57.8 Å². The molecule has 0 radical (unpaired) electrons. The Hall–Kier alpha value is -0.300. The van der Waals surface area contributed by atoms with Gasteiger partial charge in [0.25, 0.3) is 0 Å². The number of allylic oxidation sites excluding steroid dienone is 1. The van der Waals surface area contributed by atoms with E-state index in [1.54, 1.807) is 12.0 Å². The van der Waals surface area contributed by atoms with Crippen LogP contribution in [0.5, 0.6) is 0 Å². The first-order valence-corrected chi connectivity index (χ1v) is 8.75. The summed E-state index contributed by atoms with van der Waals surface area (Å²) < 4.78 is 0. The molecule has 5 rings (SSSR count). The van der Waals surface area contributed by atoms with Crippen molar-refractivity contribution in [2.75, 3.05) is 0 Å². The fraction of sp³-hybridized carbons (Fsp3) is 0.889. The van der Waals surface area contributed by atoms with Crippen molar-refractivity contribution in [2.45, 2.75) is 70.3 Å². The first kappa shape index (κ1) is 12.4. The molecule has 5 aliphatic carbocycles. The lowest BCUT2D eigenvalue weighted by Crippen LogP contribution is -2.52. The molecular formula is C18H29N. The molecule has 1 unspecified atom stereocenters. The van der Waals surface area contributed by atoms with E-state index < -0.39 is 0 Å². The van der Waals surface area contributed by atoms with E-state index in [4.69, 9.17) is 5.73 Å². The van der Waals surface area contributed by atoms with Crippen molar-refractivity contribution in [1.29, 1.82) is 0 Å². The highest BCUT2D eigenvalue weighted by Crippen LogP contribution is 2.57. The van der Waals surface area contributed by atoms with Crippen molar-refractivity contribution >= 4 is 0 Å². The highest BCUT2D eigenvalue weighted by molar-refractivity contribution is 5.16. The lowest BCUT2D eigenvalue weighted by Gasteiger charge is -2.56. The number of hydrogen-bond donors (Lipinski definition) is 1. The molecule has 4 saturated carbocycles. The number of nitrogens with two attached hydrogens (primary N) is 1. The molecule has 0 aromatic carbocycles. The third-order valence-corrected chi connectivity index (χ3v) is 6.72. The second-order valence-electron chi connectivity index (χ2n) is 7.91. The molecule has 106 valence electrons. The van der Waals surface area contributed by atoms with Gasteiger partial charge in [-0.05, 0) is 87.4 Å². The van der Waals surface area contributed by atoms with Crippen molar-refractivity contribution in [2.24, 2.45) is 35.3 Å². The van der Waals surface area contributed by atoms with Crippen LogP contribution in [-0.4, -0.2) is 6.04 Å². The minimum Gasteiger partial charge on any atom is -0.324 e. The molecule has 1 heteroatoms. The van der Waals surface area contributed by atoms with Gasteiger partial charge in [0.2, 0.25) is 0 Å². The van der Waals surface area contributed by atoms with E-state index in [9.17, 15) is 0 Å². The van der Waals surface area contributed by atoms with Crippen molar-refractivity contribution in [3.63, 3.8) is 0 Å². The van der Waals surface area contributed by atoms with Crippen molar-refractivity contribution in [3.05, 3.63) is 11.6 Å². The zero-order chi connectivity index (χ0) is 12.8. The van der Waals surface area contributed by atoms with Crippen molar-refractivity contribution in [3.8, 4) is 0 Å². The second-order valence-corrected chi connectivity index (χ2v) is 7.91. The van der Waals surface area contributed by atoms with Crippen molar-refractivity contribution < 1.29 is 0 Å². The molecular weight excluding hydrogens is 230 g/mol. The topological polar surface area (TPSA) is 26.0 Å². The minimum absolute atomic E-state index is 0.410. The van der Waals surface area contributed by atoms with Gasteiger partial charge in [0.05, 0.1) is 0 Å². The SMILES string of the molecule is NC(C1=CCCCCC1)C1C2CC3CC(C2)CC1C3. The van der Waals surface area contributed by atoms with E-state index in [-0.39, 0.29) is 0 Å². The van der Waals surface area contributed by atoms with Crippen LogP contribution in [0.15, 0.2) is 11.6 Å². The Bertz CT molecular complexity index is 342. The second kappa shape index (κ2) is 4.91. The highest BCUT2D eigenvalue weighted by atomic mass is 14.7. The Balaban J connectivity index is 1.53. The lowest BCUT2D eigenvalue weighted by atomic mass is 9.50. The highest BCUT2D eigenvalue weighted by Gasteiger charge is 2.50. The zero-order valence-corrected chi connectivity index (χ0v) is 12.2. The largest absolute Gasteiger partial charge is 0.324 e. The smallest absolute Gasteiger partial charge is 0.0287 e. The first-order valence-electron chi connectivity index (χ1n) is 8.75. The third-order valence-electron chi connectivity index (χ3n) is 6.72.